The van der Waals surface area contributed by atoms with Crippen molar-refractivity contribution in [2.24, 2.45) is 0 Å². The molecule has 0 atom stereocenters. The average molecular weight is 188 g/mol. The fourth-order valence-corrected chi connectivity index (χ4v) is 0.990. The monoisotopic (exact) mass is 188 g/mol. The maximum atomic E-state index is 9.25. The van der Waals surface area contributed by atoms with Crippen LogP contribution in [0.15, 0.2) is 24.3 Å². The number of hydrogen-bond donors (Lipinski definition) is 1. The second-order valence-corrected chi connectivity index (χ2v) is 2.43. The van der Waals surface area contributed by atoms with Gasteiger partial charge in [0.05, 0.1) is 7.11 Å². The number of aromatic hydroxyl groups is 1. The molecule has 66 valence electrons. The van der Waals surface area contributed by atoms with E-state index in [2.05, 4.69) is 0 Å². The van der Waals surface area contributed by atoms with E-state index >= 15 is 0 Å². The average Bonchev–Trinajstić information content (AvgIpc) is 2.09. The standard InChI is InChI=1S/C10H12O2.Na.H/c1-3-4-8-5-6-9(11)10(7-8)12-2;;/h3-7,11H,1-2H3;;. The van der Waals surface area contributed by atoms with Crippen LogP contribution in [0.5, 0.6) is 11.5 Å². The Hall–Kier alpha value is -0.440. The fourth-order valence-electron chi connectivity index (χ4n) is 0.990. The summed E-state index contributed by atoms with van der Waals surface area (Å²) in [5.74, 6) is 0.677. The summed E-state index contributed by atoms with van der Waals surface area (Å²) in [4.78, 5) is 0. The van der Waals surface area contributed by atoms with Gasteiger partial charge < -0.3 is 9.84 Å². The molecule has 0 saturated heterocycles. The Morgan fingerprint density at radius 1 is 1.38 bits per heavy atom. The summed E-state index contributed by atoms with van der Waals surface area (Å²) < 4.78 is 4.95. The number of ether oxygens (including phenoxy) is 1. The Balaban J connectivity index is 0.00000144. The molecule has 0 aliphatic carbocycles. The van der Waals surface area contributed by atoms with E-state index in [0.717, 1.165) is 5.56 Å². The molecule has 0 aliphatic heterocycles. The summed E-state index contributed by atoms with van der Waals surface area (Å²) in [6, 6.07) is 5.24. The van der Waals surface area contributed by atoms with Gasteiger partial charge in [0, 0.05) is 0 Å². The second kappa shape index (κ2) is 6.08. The zero-order valence-electron chi connectivity index (χ0n) is 7.24. The third kappa shape index (κ3) is 3.43. The Morgan fingerprint density at radius 3 is 2.62 bits per heavy atom. The molecule has 0 fully saturated rings. The number of hydrogen-bond acceptors (Lipinski definition) is 2. The van der Waals surface area contributed by atoms with Gasteiger partial charge in [0.25, 0.3) is 0 Å². The van der Waals surface area contributed by atoms with Crippen LogP contribution >= 0.6 is 0 Å². The van der Waals surface area contributed by atoms with E-state index in [-0.39, 0.29) is 35.3 Å². The SMILES string of the molecule is CC=Cc1ccc(O)c(OC)c1.[NaH]. The molecule has 0 aromatic heterocycles. The van der Waals surface area contributed by atoms with Crippen LogP contribution in [0.4, 0.5) is 0 Å². The first-order valence-corrected chi connectivity index (χ1v) is 3.77. The molecule has 0 unspecified atom stereocenters. The van der Waals surface area contributed by atoms with Crippen molar-refractivity contribution in [3.05, 3.63) is 29.8 Å². The molecule has 3 heteroatoms. The van der Waals surface area contributed by atoms with Gasteiger partial charge in [0.1, 0.15) is 0 Å². The first-order valence-electron chi connectivity index (χ1n) is 3.77. The van der Waals surface area contributed by atoms with Gasteiger partial charge in [-0.25, -0.2) is 0 Å². The molecule has 1 aromatic rings. The first kappa shape index (κ1) is 12.6. The van der Waals surface area contributed by atoms with Crippen LogP contribution in [0, 0.1) is 0 Å². The third-order valence-corrected chi connectivity index (χ3v) is 1.56. The van der Waals surface area contributed by atoms with Crippen molar-refractivity contribution in [3.63, 3.8) is 0 Å². The zero-order chi connectivity index (χ0) is 8.97. The minimum absolute atomic E-state index is 0. The molecule has 0 aliphatic rings. The van der Waals surface area contributed by atoms with Gasteiger partial charge in [-0.1, -0.05) is 18.2 Å². The summed E-state index contributed by atoms with van der Waals surface area (Å²) in [5.41, 5.74) is 1.02. The van der Waals surface area contributed by atoms with Gasteiger partial charge in [0.2, 0.25) is 0 Å². The van der Waals surface area contributed by atoms with Crippen molar-refractivity contribution in [3.8, 4) is 11.5 Å². The molecule has 0 radical (unpaired) electrons. The predicted octanol–water partition coefficient (Wildman–Crippen LogP) is 1.79. The molecule has 1 N–H and O–H groups in total. The fraction of sp³-hybridized carbons (Fsp3) is 0.200. The predicted molar refractivity (Wildman–Crippen MR) is 56.5 cm³/mol. The third-order valence-electron chi connectivity index (χ3n) is 1.56. The normalized spacial score (nSPS) is 9.69. The van der Waals surface area contributed by atoms with E-state index in [1.807, 2.05) is 25.1 Å². The Bertz CT molecular complexity index is 295. The van der Waals surface area contributed by atoms with Crippen molar-refractivity contribution in [2.45, 2.75) is 6.92 Å². The molecular weight excluding hydrogens is 175 g/mol. The van der Waals surface area contributed by atoms with Crippen LogP contribution in [0.2, 0.25) is 0 Å². The van der Waals surface area contributed by atoms with Gasteiger partial charge in [-0.3, -0.25) is 0 Å². The molecule has 0 spiro atoms. The van der Waals surface area contributed by atoms with E-state index in [1.165, 1.54) is 7.11 Å². The van der Waals surface area contributed by atoms with Crippen molar-refractivity contribution < 1.29 is 9.84 Å². The summed E-state index contributed by atoms with van der Waals surface area (Å²) in [6.07, 6.45) is 3.88. The quantitative estimate of drug-likeness (QED) is 0.717. The van der Waals surface area contributed by atoms with Gasteiger partial charge in [-0.05, 0) is 24.6 Å². The topological polar surface area (TPSA) is 29.5 Å². The van der Waals surface area contributed by atoms with Crippen molar-refractivity contribution in [1.82, 2.24) is 0 Å². The van der Waals surface area contributed by atoms with Crippen LogP contribution in [0.3, 0.4) is 0 Å². The molecule has 2 nitrogen and oxygen atoms in total. The van der Waals surface area contributed by atoms with Gasteiger partial charge in [-0.2, -0.15) is 0 Å². The number of methoxy groups -OCH3 is 1. The summed E-state index contributed by atoms with van der Waals surface area (Å²) in [6.45, 7) is 1.94. The number of allylic oxidation sites excluding steroid dienone is 1. The summed E-state index contributed by atoms with van der Waals surface area (Å²) in [5, 5.41) is 9.25. The number of benzene rings is 1. The van der Waals surface area contributed by atoms with Gasteiger partial charge >= 0.3 is 29.6 Å². The van der Waals surface area contributed by atoms with Crippen molar-refractivity contribution >= 4 is 35.6 Å². The van der Waals surface area contributed by atoms with E-state index < -0.39 is 0 Å². The first-order chi connectivity index (χ1) is 5.77. The van der Waals surface area contributed by atoms with E-state index in [0.29, 0.717) is 5.75 Å². The molecule has 1 rings (SSSR count). The number of rotatable bonds is 2. The van der Waals surface area contributed by atoms with E-state index in [9.17, 15) is 5.11 Å². The zero-order valence-corrected chi connectivity index (χ0v) is 7.24. The van der Waals surface area contributed by atoms with Crippen LogP contribution in [-0.2, 0) is 0 Å². The van der Waals surface area contributed by atoms with Crippen molar-refractivity contribution in [2.75, 3.05) is 7.11 Å². The molecule has 0 heterocycles. The Kier molecular flexibility index (Phi) is 5.88. The van der Waals surface area contributed by atoms with Gasteiger partial charge in [0.15, 0.2) is 11.5 Å². The van der Waals surface area contributed by atoms with Crippen LogP contribution in [0.1, 0.15) is 12.5 Å². The second-order valence-electron chi connectivity index (χ2n) is 2.43. The van der Waals surface area contributed by atoms with Crippen LogP contribution < -0.4 is 4.74 Å². The molecular formula is C10H13NaO2. The molecule has 0 bridgehead atoms. The minimum atomic E-state index is 0. The summed E-state index contributed by atoms with van der Waals surface area (Å²) in [7, 11) is 1.54. The maximum absolute atomic E-state index is 9.25. The Morgan fingerprint density at radius 2 is 2.08 bits per heavy atom. The number of phenols is 1. The van der Waals surface area contributed by atoms with Crippen LogP contribution in [0.25, 0.3) is 6.08 Å². The van der Waals surface area contributed by atoms with Gasteiger partial charge in [-0.15, -0.1) is 0 Å². The molecule has 1 aromatic carbocycles. The van der Waals surface area contributed by atoms with E-state index in [4.69, 9.17) is 4.74 Å². The number of phenolic OH excluding ortho intramolecular Hbond substituents is 1. The van der Waals surface area contributed by atoms with E-state index in [1.54, 1.807) is 12.1 Å². The summed E-state index contributed by atoms with van der Waals surface area (Å²) >= 11 is 0. The molecule has 0 amide bonds. The Labute approximate surface area is 101 Å². The van der Waals surface area contributed by atoms with Crippen molar-refractivity contribution in [1.29, 1.82) is 0 Å². The molecule has 0 saturated carbocycles. The van der Waals surface area contributed by atoms with Crippen LogP contribution in [-0.4, -0.2) is 41.8 Å². The molecule has 13 heavy (non-hydrogen) atoms.